The number of ether oxygens (including phenoxy) is 2. The molecule has 2 aliphatic heterocycles. The highest BCUT2D eigenvalue weighted by atomic mass is 32.2. The van der Waals surface area contributed by atoms with Gasteiger partial charge in [-0.15, -0.1) is 0 Å². The second-order valence-electron chi connectivity index (χ2n) is 5.49. The van der Waals surface area contributed by atoms with Crippen molar-refractivity contribution in [2.45, 2.75) is 25.6 Å². The van der Waals surface area contributed by atoms with E-state index < -0.39 is 21.9 Å². The average molecular weight is 294 g/mol. The molecule has 0 spiro atoms. The summed E-state index contributed by atoms with van der Waals surface area (Å²) in [4.78, 5) is 0. The Hall–Kier alpha value is -0.250. The molecule has 2 aliphatic rings. The minimum atomic E-state index is -3.50. The Morgan fingerprint density at radius 3 is 2.47 bits per heavy atom. The average Bonchev–Trinajstić information content (AvgIpc) is 2.37. The van der Waals surface area contributed by atoms with Crippen LogP contribution in [-0.2, 0) is 19.7 Å². The fourth-order valence-electron chi connectivity index (χ4n) is 2.45. The standard InChI is InChI=1S/C11H22N2O5S/c1-11(2)9-13(7-10(8-14)18-11)19(15,16)12-3-5-17-6-4-12/h10,14H,3-9H2,1-2H3. The van der Waals surface area contributed by atoms with Gasteiger partial charge in [-0.1, -0.05) is 0 Å². The van der Waals surface area contributed by atoms with E-state index in [1.807, 2.05) is 13.8 Å². The summed E-state index contributed by atoms with van der Waals surface area (Å²) >= 11 is 0. The van der Waals surface area contributed by atoms with Gasteiger partial charge in [0.05, 0.1) is 31.5 Å². The van der Waals surface area contributed by atoms with Gasteiger partial charge in [0.2, 0.25) is 0 Å². The van der Waals surface area contributed by atoms with Crippen LogP contribution in [0.15, 0.2) is 0 Å². The van der Waals surface area contributed by atoms with Gasteiger partial charge >= 0.3 is 0 Å². The quantitative estimate of drug-likeness (QED) is 0.725. The maximum absolute atomic E-state index is 12.5. The fraction of sp³-hybridized carbons (Fsp3) is 1.00. The summed E-state index contributed by atoms with van der Waals surface area (Å²) in [6, 6.07) is 0. The number of aliphatic hydroxyl groups is 1. The molecule has 0 aromatic carbocycles. The summed E-state index contributed by atoms with van der Waals surface area (Å²) in [5.74, 6) is 0. The van der Waals surface area contributed by atoms with Gasteiger partial charge in [-0.25, -0.2) is 0 Å². The Bertz CT molecular complexity index is 405. The Morgan fingerprint density at radius 1 is 1.26 bits per heavy atom. The van der Waals surface area contributed by atoms with Crippen LogP contribution in [0.2, 0.25) is 0 Å². The van der Waals surface area contributed by atoms with Crippen LogP contribution in [0.4, 0.5) is 0 Å². The molecule has 1 N–H and O–H groups in total. The molecule has 0 aliphatic carbocycles. The maximum Gasteiger partial charge on any atom is 0.282 e. The van der Waals surface area contributed by atoms with Gasteiger partial charge in [0.1, 0.15) is 0 Å². The Morgan fingerprint density at radius 2 is 1.89 bits per heavy atom. The first-order valence-corrected chi connectivity index (χ1v) is 7.86. The van der Waals surface area contributed by atoms with E-state index in [-0.39, 0.29) is 13.2 Å². The van der Waals surface area contributed by atoms with E-state index >= 15 is 0 Å². The van der Waals surface area contributed by atoms with E-state index in [2.05, 4.69) is 0 Å². The van der Waals surface area contributed by atoms with E-state index in [9.17, 15) is 13.5 Å². The second kappa shape index (κ2) is 5.63. The fourth-order valence-corrected chi connectivity index (χ4v) is 4.22. The van der Waals surface area contributed by atoms with Crippen molar-refractivity contribution in [1.29, 1.82) is 0 Å². The third-order valence-corrected chi connectivity index (χ3v) is 5.22. The largest absolute Gasteiger partial charge is 0.394 e. The van der Waals surface area contributed by atoms with Gasteiger partial charge in [0, 0.05) is 26.2 Å². The van der Waals surface area contributed by atoms with Crippen LogP contribution in [0.3, 0.4) is 0 Å². The number of hydrogen-bond acceptors (Lipinski definition) is 5. The molecule has 19 heavy (non-hydrogen) atoms. The molecule has 7 nitrogen and oxygen atoms in total. The summed E-state index contributed by atoms with van der Waals surface area (Å²) in [7, 11) is -3.50. The second-order valence-corrected chi connectivity index (χ2v) is 7.42. The van der Waals surface area contributed by atoms with Gasteiger partial charge in [-0.05, 0) is 13.8 Å². The topological polar surface area (TPSA) is 79.3 Å². The molecule has 0 aromatic heterocycles. The minimum Gasteiger partial charge on any atom is -0.394 e. The minimum absolute atomic E-state index is 0.182. The first-order valence-electron chi connectivity index (χ1n) is 6.47. The van der Waals surface area contributed by atoms with Crippen molar-refractivity contribution in [2.24, 2.45) is 0 Å². The normalized spacial score (nSPS) is 30.4. The summed E-state index contributed by atoms with van der Waals surface area (Å²) < 4.78 is 38.8. The van der Waals surface area contributed by atoms with E-state index in [0.717, 1.165) is 0 Å². The third-order valence-electron chi connectivity index (χ3n) is 3.28. The highest BCUT2D eigenvalue weighted by molar-refractivity contribution is 7.86. The van der Waals surface area contributed by atoms with Crippen molar-refractivity contribution in [3.63, 3.8) is 0 Å². The van der Waals surface area contributed by atoms with Gasteiger partial charge in [0.25, 0.3) is 10.2 Å². The molecule has 2 fully saturated rings. The molecule has 1 unspecified atom stereocenters. The molecular weight excluding hydrogens is 272 g/mol. The van der Waals surface area contributed by atoms with Crippen LogP contribution in [-0.4, -0.2) is 79.8 Å². The van der Waals surface area contributed by atoms with Crippen molar-refractivity contribution < 1.29 is 23.0 Å². The lowest BCUT2D eigenvalue weighted by molar-refractivity contribution is -0.132. The molecule has 0 bridgehead atoms. The van der Waals surface area contributed by atoms with Gasteiger partial charge in [0.15, 0.2) is 0 Å². The molecule has 2 heterocycles. The van der Waals surface area contributed by atoms with Crippen LogP contribution in [0.25, 0.3) is 0 Å². The Labute approximate surface area is 114 Å². The van der Waals surface area contributed by atoms with Crippen LogP contribution in [0, 0.1) is 0 Å². The van der Waals surface area contributed by atoms with Gasteiger partial charge in [-0.3, -0.25) is 0 Å². The molecular formula is C11H22N2O5S. The molecule has 0 aromatic rings. The van der Waals surface area contributed by atoms with Gasteiger partial charge < -0.3 is 14.6 Å². The van der Waals surface area contributed by atoms with E-state index in [4.69, 9.17) is 9.47 Å². The highest BCUT2D eigenvalue weighted by Gasteiger charge is 2.41. The molecule has 2 rings (SSSR count). The predicted octanol–water partition coefficient (Wildman–Crippen LogP) is -0.965. The molecule has 0 amide bonds. The molecule has 0 saturated carbocycles. The van der Waals surface area contributed by atoms with Crippen molar-refractivity contribution in [3.8, 4) is 0 Å². The monoisotopic (exact) mass is 294 g/mol. The lowest BCUT2D eigenvalue weighted by atomic mass is 10.1. The van der Waals surface area contributed by atoms with E-state index in [0.29, 0.717) is 32.8 Å². The predicted molar refractivity (Wildman–Crippen MR) is 68.9 cm³/mol. The van der Waals surface area contributed by atoms with Crippen LogP contribution in [0.5, 0.6) is 0 Å². The van der Waals surface area contributed by atoms with Crippen LogP contribution < -0.4 is 0 Å². The molecule has 0 radical (unpaired) electrons. The maximum atomic E-state index is 12.5. The Kier molecular flexibility index (Phi) is 4.49. The van der Waals surface area contributed by atoms with E-state index in [1.54, 1.807) is 0 Å². The molecule has 8 heteroatoms. The number of hydrogen-bond donors (Lipinski definition) is 1. The number of nitrogens with zero attached hydrogens (tertiary/aromatic N) is 2. The SMILES string of the molecule is CC1(C)CN(S(=O)(=O)N2CCOCC2)CC(CO)O1. The summed E-state index contributed by atoms with van der Waals surface area (Å²) in [6.45, 7) is 5.58. The molecule has 2 saturated heterocycles. The molecule has 1 atom stereocenters. The number of morpholine rings is 2. The lowest BCUT2D eigenvalue weighted by Gasteiger charge is -2.43. The smallest absolute Gasteiger partial charge is 0.282 e. The zero-order chi connectivity index (χ0) is 14.1. The summed E-state index contributed by atoms with van der Waals surface area (Å²) in [5, 5.41) is 9.24. The van der Waals surface area contributed by atoms with E-state index in [1.165, 1.54) is 8.61 Å². The third kappa shape index (κ3) is 3.45. The zero-order valence-corrected chi connectivity index (χ0v) is 12.2. The summed E-state index contributed by atoms with van der Waals surface area (Å²) in [5.41, 5.74) is -0.592. The van der Waals surface area contributed by atoms with Crippen LogP contribution in [0.1, 0.15) is 13.8 Å². The number of aliphatic hydroxyl groups excluding tert-OH is 1. The zero-order valence-electron chi connectivity index (χ0n) is 11.4. The summed E-state index contributed by atoms with van der Waals surface area (Å²) in [6.07, 6.45) is -0.473. The first kappa shape index (κ1) is 15.1. The lowest BCUT2D eigenvalue weighted by Crippen LogP contribution is -2.59. The van der Waals surface area contributed by atoms with Crippen molar-refractivity contribution >= 4 is 10.2 Å². The molecule has 112 valence electrons. The van der Waals surface area contributed by atoms with Crippen molar-refractivity contribution in [1.82, 2.24) is 8.61 Å². The number of rotatable bonds is 3. The van der Waals surface area contributed by atoms with Gasteiger partial charge in [-0.2, -0.15) is 17.0 Å². The van der Waals surface area contributed by atoms with Crippen molar-refractivity contribution in [2.75, 3.05) is 46.0 Å². The van der Waals surface area contributed by atoms with Crippen LogP contribution >= 0.6 is 0 Å². The first-order chi connectivity index (χ1) is 8.85. The van der Waals surface area contributed by atoms with Crippen molar-refractivity contribution in [3.05, 3.63) is 0 Å². The Balaban J connectivity index is 2.14. The highest BCUT2D eigenvalue weighted by Crippen LogP contribution is 2.24.